The van der Waals surface area contributed by atoms with E-state index in [1.807, 2.05) is 14.0 Å². The molecule has 0 aromatic carbocycles. The van der Waals surface area contributed by atoms with E-state index in [0.717, 1.165) is 17.8 Å². The predicted molar refractivity (Wildman–Crippen MR) is 67.7 cm³/mol. The first-order chi connectivity index (χ1) is 8.04. The highest BCUT2D eigenvalue weighted by molar-refractivity contribution is 7.91. The Balaban J connectivity index is 2.21. The van der Waals surface area contributed by atoms with Crippen LogP contribution in [0.1, 0.15) is 17.8 Å². The zero-order valence-electron chi connectivity index (χ0n) is 10.0. The third kappa shape index (κ3) is 2.67. The van der Waals surface area contributed by atoms with E-state index in [1.54, 1.807) is 4.31 Å². The number of rotatable bonds is 3. The minimum absolute atomic E-state index is 0.257. The van der Waals surface area contributed by atoms with Gasteiger partial charge in [-0.15, -0.1) is 11.3 Å². The smallest absolute Gasteiger partial charge is 0.254 e. The van der Waals surface area contributed by atoms with E-state index in [1.165, 1.54) is 17.5 Å². The Kier molecular flexibility index (Phi) is 3.82. The van der Waals surface area contributed by atoms with Crippen LogP contribution in [-0.2, 0) is 10.0 Å². The minimum atomic E-state index is -3.33. The summed E-state index contributed by atoms with van der Waals surface area (Å²) in [5.41, 5.74) is 0. The summed E-state index contributed by atoms with van der Waals surface area (Å²) in [6, 6.07) is 0.257. The molecule has 1 N–H and O–H groups in total. The van der Waals surface area contributed by atoms with Gasteiger partial charge in [0.2, 0.25) is 0 Å². The van der Waals surface area contributed by atoms with E-state index in [2.05, 4.69) is 10.3 Å². The summed E-state index contributed by atoms with van der Waals surface area (Å²) < 4.78 is 26.6. The number of sulfonamides is 1. The van der Waals surface area contributed by atoms with Crippen molar-refractivity contribution < 1.29 is 8.42 Å². The summed E-state index contributed by atoms with van der Waals surface area (Å²) in [4.78, 5) is 4.01. The maximum absolute atomic E-state index is 12.3. The molecule has 1 aliphatic rings. The standard InChI is InChI=1S/C10H17N3O2S2/c1-8-12-6-10(16-8)17(14,15)13-5-3-4-9(7-13)11-2/h6,9,11H,3-5,7H2,1-2H3. The number of piperidine rings is 1. The molecule has 0 saturated carbocycles. The zero-order valence-corrected chi connectivity index (χ0v) is 11.6. The molecule has 1 saturated heterocycles. The van der Waals surface area contributed by atoms with Crippen LogP contribution in [0, 0.1) is 6.92 Å². The van der Waals surface area contributed by atoms with Gasteiger partial charge in [-0.2, -0.15) is 4.31 Å². The predicted octanol–water partition coefficient (Wildman–Crippen LogP) is 0.824. The van der Waals surface area contributed by atoms with Crippen LogP contribution in [0.2, 0.25) is 0 Å². The maximum atomic E-state index is 12.3. The van der Waals surface area contributed by atoms with Gasteiger partial charge in [0.05, 0.1) is 11.2 Å². The molecule has 1 atom stereocenters. The van der Waals surface area contributed by atoms with Gasteiger partial charge in [-0.3, -0.25) is 0 Å². The molecule has 96 valence electrons. The molecule has 1 fully saturated rings. The third-order valence-corrected chi connectivity index (χ3v) is 6.20. The van der Waals surface area contributed by atoms with Crippen LogP contribution in [0.25, 0.3) is 0 Å². The van der Waals surface area contributed by atoms with Crippen molar-refractivity contribution in [2.45, 2.75) is 30.0 Å². The van der Waals surface area contributed by atoms with E-state index in [9.17, 15) is 8.42 Å². The van der Waals surface area contributed by atoms with Crippen LogP contribution in [0.5, 0.6) is 0 Å². The Hall–Kier alpha value is -0.500. The normalized spacial score (nSPS) is 22.8. The number of nitrogens with one attached hydrogen (secondary N) is 1. The number of aromatic nitrogens is 1. The molecule has 1 aromatic heterocycles. The van der Waals surface area contributed by atoms with Crippen molar-refractivity contribution in [3.05, 3.63) is 11.2 Å². The SMILES string of the molecule is CNC1CCCN(S(=O)(=O)c2cnc(C)s2)C1. The largest absolute Gasteiger partial charge is 0.316 e. The van der Waals surface area contributed by atoms with Crippen molar-refractivity contribution in [1.82, 2.24) is 14.6 Å². The van der Waals surface area contributed by atoms with Gasteiger partial charge in [0.25, 0.3) is 10.0 Å². The van der Waals surface area contributed by atoms with Crippen LogP contribution < -0.4 is 5.32 Å². The second-order valence-corrected chi connectivity index (χ2v) is 7.59. The Morgan fingerprint density at radius 2 is 2.35 bits per heavy atom. The molecule has 1 aliphatic heterocycles. The maximum Gasteiger partial charge on any atom is 0.254 e. The molecule has 0 amide bonds. The first-order valence-electron chi connectivity index (χ1n) is 5.64. The van der Waals surface area contributed by atoms with E-state index >= 15 is 0 Å². The van der Waals surface area contributed by atoms with Crippen molar-refractivity contribution in [3.8, 4) is 0 Å². The monoisotopic (exact) mass is 275 g/mol. The molecule has 1 aromatic rings. The van der Waals surface area contributed by atoms with Crippen LogP contribution >= 0.6 is 11.3 Å². The number of likely N-dealkylation sites (N-methyl/N-ethyl adjacent to an activating group) is 1. The number of aryl methyl sites for hydroxylation is 1. The Morgan fingerprint density at radius 3 is 2.94 bits per heavy atom. The lowest BCUT2D eigenvalue weighted by Gasteiger charge is -2.31. The molecule has 0 radical (unpaired) electrons. The first-order valence-corrected chi connectivity index (χ1v) is 7.89. The van der Waals surface area contributed by atoms with E-state index in [-0.39, 0.29) is 6.04 Å². The number of nitrogens with zero attached hydrogens (tertiary/aromatic N) is 2. The molecule has 0 bridgehead atoms. The Bertz CT molecular complexity index is 483. The summed E-state index contributed by atoms with van der Waals surface area (Å²) in [5.74, 6) is 0. The van der Waals surface area contributed by atoms with E-state index in [0.29, 0.717) is 17.3 Å². The van der Waals surface area contributed by atoms with Gasteiger partial charge in [-0.25, -0.2) is 13.4 Å². The van der Waals surface area contributed by atoms with Crippen LogP contribution in [0.3, 0.4) is 0 Å². The fraction of sp³-hybridized carbons (Fsp3) is 0.700. The van der Waals surface area contributed by atoms with Gasteiger partial charge in [-0.05, 0) is 26.8 Å². The lowest BCUT2D eigenvalue weighted by atomic mass is 10.1. The van der Waals surface area contributed by atoms with Crippen molar-refractivity contribution in [3.63, 3.8) is 0 Å². The van der Waals surface area contributed by atoms with E-state index < -0.39 is 10.0 Å². The lowest BCUT2D eigenvalue weighted by molar-refractivity contribution is 0.293. The van der Waals surface area contributed by atoms with Gasteiger partial charge in [0, 0.05) is 19.1 Å². The second-order valence-electron chi connectivity index (χ2n) is 4.19. The van der Waals surface area contributed by atoms with Gasteiger partial charge < -0.3 is 5.32 Å². The topological polar surface area (TPSA) is 62.3 Å². The first kappa shape index (κ1) is 12.9. The molecule has 0 aliphatic carbocycles. The van der Waals surface area contributed by atoms with Crippen molar-refractivity contribution >= 4 is 21.4 Å². The third-order valence-electron chi connectivity index (χ3n) is 2.99. The summed E-state index contributed by atoms with van der Waals surface area (Å²) in [6.07, 6.45) is 3.39. The highest BCUT2D eigenvalue weighted by Crippen LogP contribution is 2.24. The van der Waals surface area contributed by atoms with Crippen LogP contribution in [-0.4, -0.2) is 43.9 Å². The van der Waals surface area contributed by atoms with Crippen LogP contribution in [0.4, 0.5) is 0 Å². The summed E-state index contributed by atoms with van der Waals surface area (Å²) in [7, 11) is -1.46. The quantitative estimate of drug-likeness (QED) is 0.887. The van der Waals surface area contributed by atoms with Crippen LogP contribution in [0.15, 0.2) is 10.4 Å². The fourth-order valence-corrected chi connectivity index (χ4v) is 4.77. The van der Waals surface area contributed by atoms with Gasteiger partial charge >= 0.3 is 0 Å². The van der Waals surface area contributed by atoms with Crippen molar-refractivity contribution in [1.29, 1.82) is 0 Å². The second kappa shape index (κ2) is 5.01. The summed E-state index contributed by atoms with van der Waals surface area (Å²) in [5, 5.41) is 3.93. The number of hydrogen-bond donors (Lipinski definition) is 1. The molecule has 2 heterocycles. The molecule has 1 unspecified atom stereocenters. The lowest BCUT2D eigenvalue weighted by Crippen LogP contribution is -2.46. The molecule has 5 nitrogen and oxygen atoms in total. The highest BCUT2D eigenvalue weighted by Gasteiger charge is 2.30. The van der Waals surface area contributed by atoms with Crippen molar-refractivity contribution in [2.75, 3.05) is 20.1 Å². The summed E-state index contributed by atoms with van der Waals surface area (Å²) >= 11 is 1.24. The highest BCUT2D eigenvalue weighted by atomic mass is 32.2. The average molecular weight is 275 g/mol. The zero-order chi connectivity index (χ0) is 12.5. The Morgan fingerprint density at radius 1 is 1.59 bits per heavy atom. The molecule has 17 heavy (non-hydrogen) atoms. The molecule has 0 spiro atoms. The van der Waals surface area contributed by atoms with Gasteiger partial charge in [0.15, 0.2) is 4.21 Å². The van der Waals surface area contributed by atoms with E-state index in [4.69, 9.17) is 0 Å². The average Bonchev–Trinajstić information content (AvgIpc) is 2.76. The molecule has 2 rings (SSSR count). The molecular weight excluding hydrogens is 258 g/mol. The molecule has 7 heteroatoms. The summed E-state index contributed by atoms with van der Waals surface area (Å²) in [6.45, 7) is 2.98. The minimum Gasteiger partial charge on any atom is -0.316 e. The van der Waals surface area contributed by atoms with Gasteiger partial charge in [0.1, 0.15) is 0 Å². The number of thiazole rings is 1. The fourth-order valence-electron chi connectivity index (χ4n) is 1.98. The number of hydrogen-bond acceptors (Lipinski definition) is 5. The van der Waals surface area contributed by atoms with Gasteiger partial charge in [-0.1, -0.05) is 0 Å². The molecular formula is C10H17N3O2S2. The van der Waals surface area contributed by atoms with Crippen molar-refractivity contribution in [2.24, 2.45) is 0 Å². The Labute approximate surface area is 106 Å².